The van der Waals surface area contributed by atoms with Crippen molar-refractivity contribution in [1.29, 1.82) is 0 Å². The van der Waals surface area contributed by atoms with Crippen molar-refractivity contribution in [2.24, 2.45) is 5.73 Å². The number of aromatic nitrogens is 2. The molecule has 2 heterocycles. The molecule has 0 radical (unpaired) electrons. The van der Waals surface area contributed by atoms with Gasteiger partial charge in [-0.2, -0.15) is 0 Å². The molecular formula is C23H21N3O2. The fourth-order valence-electron chi connectivity index (χ4n) is 2.98. The molecule has 5 nitrogen and oxygen atoms in total. The highest BCUT2D eigenvalue weighted by Crippen LogP contribution is 2.30. The smallest absolute Gasteiger partial charge is 0.219 e. The number of rotatable bonds is 6. The van der Waals surface area contributed by atoms with Crippen molar-refractivity contribution in [3.63, 3.8) is 0 Å². The summed E-state index contributed by atoms with van der Waals surface area (Å²) in [5.41, 5.74) is 8.69. The number of fused-ring (bicyclic) bond motifs is 1. The fraction of sp³-hybridized carbons (Fsp3) is 0.130. The minimum atomic E-state index is 0.553. The molecule has 0 atom stereocenters. The minimum Gasteiger partial charge on any atom is -0.439 e. The third-order valence-electron chi connectivity index (χ3n) is 4.38. The molecule has 140 valence electrons. The molecule has 2 N–H and O–H groups in total. The molecule has 0 aliphatic carbocycles. The van der Waals surface area contributed by atoms with Crippen molar-refractivity contribution >= 4 is 10.9 Å². The molecule has 0 aliphatic heterocycles. The molecular weight excluding hydrogens is 350 g/mol. The van der Waals surface area contributed by atoms with Gasteiger partial charge in [-0.15, -0.1) is 0 Å². The maximum absolute atomic E-state index is 5.95. The lowest BCUT2D eigenvalue weighted by Gasteiger charge is -2.11. The fourth-order valence-corrected chi connectivity index (χ4v) is 2.98. The number of pyridine rings is 2. The number of nitrogens with zero attached hydrogens (tertiary/aromatic N) is 2. The number of aryl methyl sites for hydroxylation is 1. The van der Waals surface area contributed by atoms with Crippen LogP contribution in [0.4, 0.5) is 0 Å². The van der Waals surface area contributed by atoms with Crippen LogP contribution in [-0.2, 0) is 6.42 Å². The number of hydrogen-bond donors (Lipinski definition) is 1. The molecule has 2 aromatic heterocycles. The summed E-state index contributed by atoms with van der Waals surface area (Å²) < 4.78 is 11.8. The lowest BCUT2D eigenvalue weighted by molar-refractivity contribution is 0.448. The Kier molecular flexibility index (Phi) is 5.17. The maximum atomic E-state index is 5.95. The van der Waals surface area contributed by atoms with E-state index in [0.717, 1.165) is 28.6 Å². The van der Waals surface area contributed by atoms with E-state index in [2.05, 4.69) is 22.1 Å². The van der Waals surface area contributed by atoms with E-state index in [1.807, 2.05) is 61.5 Å². The van der Waals surface area contributed by atoms with Crippen LogP contribution in [0.3, 0.4) is 0 Å². The predicted octanol–water partition coefficient (Wildman–Crippen LogP) is 5.02. The molecule has 0 unspecified atom stereocenters. The van der Waals surface area contributed by atoms with Crippen LogP contribution in [0.2, 0.25) is 0 Å². The molecule has 28 heavy (non-hydrogen) atoms. The van der Waals surface area contributed by atoms with E-state index in [0.29, 0.717) is 24.1 Å². The van der Waals surface area contributed by atoms with Gasteiger partial charge >= 0.3 is 0 Å². The number of benzene rings is 2. The monoisotopic (exact) mass is 371 g/mol. The van der Waals surface area contributed by atoms with Crippen LogP contribution in [0.25, 0.3) is 10.9 Å². The van der Waals surface area contributed by atoms with Crippen LogP contribution in [0.15, 0.2) is 72.9 Å². The van der Waals surface area contributed by atoms with Gasteiger partial charge < -0.3 is 15.2 Å². The van der Waals surface area contributed by atoms with E-state index in [9.17, 15) is 0 Å². The van der Waals surface area contributed by atoms with Gasteiger partial charge in [0.05, 0.1) is 5.52 Å². The summed E-state index contributed by atoms with van der Waals surface area (Å²) in [6, 6.07) is 21.3. The van der Waals surface area contributed by atoms with Gasteiger partial charge in [0.15, 0.2) is 0 Å². The number of ether oxygens (including phenoxy) is 2. The summed E-state index contributed by atoms with van der Waals surface area (Å²) in [6.45, 7) is 2.61. The van der Waals surface area contributed by atoms with E-state index >= 15 is 0 Å². The predicted molar refractivity (Wildman–Crippen MR) is 110 cm³/mol. The van der Waals surface area contributed by atoms with Crippen molar-refractivity contribution < 1.29 is 9.47 Å². The van der Waals surface area contributed by atoms with Gasteiger partial charge in [-0.1, -0.05) is 12.1 Å². The molecule has 0 bridgehead atoms. The van der Waals surface area contributed by atoms with Crippen LogP contribution >= 0.6 is 0 Å². The van der Waals surface area contributed by atoms with Crippen LogP contribution in [0.5, 0.6) is 23.3 Å². The number of nitrogens with two attached hydrogens (primary N) is 1. The summed E-state index contributed by atoms with van der Waals surface area (Å²) in [7, 11) is 0. The molecule has 4 rings (SSSR count). The Balaban J connectivity index is 1.52. The van der Waals surface area contributed by atoms with Gasteiger partial charge in [0.2, 0.25) is 11.8 Å². The topological polar surface area (TPSA) is 70.3 Å². The van der Waals surface area contributed by atoms with Gasteiger partial charge in [0.25, 0.3) is 0 Å². The van der Waals surface area contributed by atoms with Crippen molar-refractivity contribution in [2.75, 3.05) is 6.54 Å². The number of hydrogen-bond acceptors (Lipinski definition) is 5. The van der Waals surface area contributed by atoms with Crippen LogP contribution in [0.1, 0.15) is 11.1 Å². The lowest BCUT2D eigenvalue weighted by Crippen LogP contribution is -2.02. The van der Waals surface area contributed by atoms with Gasteiger partial charge in [0.1, 0.15) is 11.5 Å². The van der Waals surface area contributed by atoms with Crippen molar-refractivity contribution in [2.45, 2.75) is 13.3 Å². The molecule has 0 saturated carbocycles. The van der Waals surface area contributed by atoms with Gasteiger partial charge in [-0.05, 0) is 73.5 Å². The first-order chi connectivity index (χ1) is 13.7. The summed E-state index contributed by atoms with van der Waals surface area (Å²) in [4.78, 5) is 8.78. The highest BCUT2D eigenvalue weighted by molar-refractivity contribution is 5.79. The van der Waals surface area contributed by atoms with Crippen LogP contribution in [0, 0.1) is 6.92 Å². The highest BCUT2D eigenvalue weighted by Gasteiger charge is 2.07. The minimum absolute atomic E-state index is 0.553. The average molecular weight is 371 g/mol. The molecule has 0 spiro atoms. The van der Waals surface area contributed by atoms with Gasteiger partial charge in [-0.25, -0.2) is 9.97 Å². The zero-order valence-electron chi connectivity index (χ0n) is 15.6. The maximum Gasteiger partial charge on any atom is 0.219 e. The first-order valence-corrected chi connectivity index (χ1v) is 9.18. The zero-order valence-corrected chi connectivity index (χ0v) is 15.6. The van der Waals surface area contributed by atoms with Crippen molar-refractivity contribution in [1.82, 2.24) is 9.97 Å². The molecule has 5 heteroatoms. The Hall–Kier alpha value is -3.44. The second kappa shape index (κ2) is 8.06. The van der Waals surface area contributed by atoms with Crippen LogP contribution < -0.4 is 15.2 Å². The van der Waals surface area contributed by atoms with E-state index in [-0.39, 0.29) is 0 Å². The summed E-state index contributed by atoms with van der Waals surface area (Å²) in [5, 5.41) is 1.08. The average Bonchev–Trinajstić information content (AvgIpc) is 2.71. The molecule has 0 aliphatic rings. The molecule has 2 aromatic carbocycles. The van der Waals surface area contributed by atoms with E-state index in [4.69, 9.17) is 15.2 Å². The second-order valence-corrected chi connectivity index (χ2v) is 6.51. The standard InChI is InChI=1S/C23H21N3O2/c1-16-14-19(7-9-21(16)28-22-4-2-3-13-25-22)27-23-10-6-18-15-17(11-12-24)5-8-20(18)26-23/h2-10,13-15H,11-12,24H2,1H3. The van der Waals surface area contributed by atoms with E-state index in [1.165, 1.54) is 5.56 Å². The summed E-state index contributed by atoms with van der Waals surface area (Å²) in [5.74, 6) is 2.56. The van der Waals surface area contributed by atoms with Gasteiger partial charge in [-0.3, -0.25) is 0 Å². The first-order valence-electron chi connectivity index (χ1n) is 9.18. The van der Waals surface area contributed by atoms with Crippen LogP contribution in [-0.4, -0.2) is 16.5 Å². The molecule has 4 aromatic rings. The third-order valence-corrected chi connectivity index (χ3v) is 4.38. The van der Waals surface area contributed by atoms with Crippen molar-refractivity contribution in [3.8, 4) is 23.3 Å². The summed E-state index contributed by atoms with van der Waals surface area (Å²) >= 11 is 0. The normalized spacial score (nSPS) is 10.8. The second-order valence-electron chi connectivity index (χ2n) is 6.51. The van der Waals surface area contributed by atoms with Gasteiger partial charge in [0, 0.05) is 23.7 Å². The first kappa shape index (κ1) is 17.9. The third kappa shape index (κ3) is 4.10. The quantitative estimate of drug-likeness (QED) is 0.515. The molecule has 0 saturated heterocycles. The van der Waals surface area contributed by atoms with E-state index < -0.39 is 0 Å². The lowest BCUT2D eigenvalue weighted by atomic mass is 10.1. The largest absolute Gasteiger partial charge is 0.439 e. The SMILES string of the molecule is Cc1cc(Oc2ccc3cc(CCN)ccc3n2)ccc1Oc1ccccn1. The zero-order chi connectivity index (χ0) is 19.3. The molecule has 0 fully saturated rings. The molecule has 0 amide bonds. The Morgan fingerprint density at radius 2 is 1.82 bits per heavy atom. The van der Waals surface area contributed by atoms with E-state index in [1.54, 1.807) is 6.20 Å². The highest BCUT2D eigenvalue weighted by atomic mass is 16.5. The Labute approximate surface area is 163 Å². The summed E-state index contributed by atoms with van der Waals surface area (Å²) in [6.07, 6.45) is 2.56. The Morgan fingerprint density at radius 3 is 2.61 bits per heavy atom. The van der Waals surface area contributed by atoms with Crippen molar-refractivity contribution in [3.05, 3.63) is 84.1 Å². The Morgan fingerprint density at radius 1 is 0.893 bits per heavy atom. The Bertz CT molecular complexity index is 1100.